The van der Waals surface area contributed by atoms with Crippen LogP contribution in [0.1, 0.15) is 125 Å². The third-order valence-corrected chi connectivity index (χ3v) is 9.07. The van der Waals surface area contributed by atoms with Crippen LogP contribution in [0.2, 0.25) is 0 Å². The Morgan fingerprint density at radius 1 is 0.658 bits per heavy atom. The maximum atomic E-state index is 15.0. The minimum atomic E-state index is -0.706. The summed E-state index contributed by atoms with van der Waals surface area (Å²) in [6, 6.07) is 7.08. The van der Waals surface area contributed by atoms with E-state index < -0.39 is 23.3 Å². The zero-order valence-electron chi connectivity index (χ0n) is 23.2. The fourth-order valence-corrected chi connectivity index (χ4v) is 6.63. The zero-order valence-corrected chi connectivity index (χ0v) is 23.2. The minimum Gasteiger partial charge on any atom is -0.203 e. The molecule has 0 aliphatic heterocycles. The fraction of sp³-hybridized carbons (Fsp3) is 0.588. The summed E-state index contributed by atoms with van der Waals surface area (Å²) in [5.74, 6) is -1.67. The molecule has 4 heteroatoms. The van der Waals surface area contributed by atoms with Crippen molar-refractivity contribution in [3.05, 3.63) is 75.9 Å². The molecule has 208 valence electrons. The average Bonchev–Trinajstić information content (AvgIpc) is 2.93. The molecule has 0 nitrogen and oxygen atoms in total. The van der Waals surface area contributed by atoms with E-state index in [1.54, 1.807) is 24.3 Å². The van der Waals surface area contributed by atoms with Gasteiger partial charge < -0.3 is 0 Å². The molecular formula is C34H44F4. The van der Waals surface area contributed by atoms with Gasteiger partial charge in [0.15, 0.2) is 23.3 Å². The number of halogens is 4. The van der Waals surface area contributed by atoms with Gasteiger partial charge in [-0.05, 0) is 111 Å². The van der Waals surface area contributed by atoms with E-state index >= 15 is 4.39 Å². The molecule has 0 amide bonds. The van der Waals surface area contributed by atoms with E-state index in [0.29, 0.717) is 46.9 Å². The molecule has 38 heavy (non-hydrogen) atoms. The van der Waals surface area contributed by atoms with Gasteiger partial charge >= 0.3 is 0 Å². The lowest BCUT2D eigenvalue weighted by Crippen LogP contribution is -2.16. The molecule has 1 atom stereocenters. The number of unbranched alkanes of at least 4 members (excludes halogenated alkanes) is 2. The summed E-state index contributed by atoms with van der Waals surface area (Å²) < 4.78 is 59.5. The fourth-order valence-electron chi connectivity index (χ4n) is 6.63. The van der Waals surface area contributed by atoms with Gasteiger partial charge in [0.25, 0.3) is 0 Å². The van der Waals surface area contributed by atoms with E-state index in [9.17, 15) is 13.2 Å². The van der Waals surface area contributed by atoms with Gasteiger partial charge in [0.05, 0.1) is 0 Å². The third-order valence-electron chi connectivity index (χ3n) is 9.07. The van der Waals surface area contributed by atoms with Crippen LogP contribution in [0.5, 0.6) is 0 Å². The van der Waals surface area contributed by atoms with Gasteiger partial charge in [-0.2, -0.15) is 0 Å². The molecule has 0 N–H and O–H groups in total. The molecular weight excluding hydrogens is 484 g/mol. The van der Waals surface area contributed by atoms with Crippen LogP contribution in [-0.4, -0.2) is 0 Å². The minimum absolute atomic E-state index is 0.0274. The van der Waals surface area contributed by atoms with E-state index in [2.05, 4.69) is 19.9 Å². The molecule has 2 aromatic rings. The van der Waals surface area contributed by atoms with Crippen molar-refractivity contribution in [3.63, 3.8) is 0 Å². The van der Waals surface area contributed by atoms with Crippen molar-refractivity contribution in [2.75, 3.05) is 0 Å². The van der Waals surface area contributed by atoms with Crippen LogP contribution in [0.15, 0.2) is 30.3 Å². The Morgan fingerprint density at radius 2 is 1.37 bits per heavy atom. The van der Waals surface area contributed by atoms with E-state index in [1.165, 1.54) is 6.42 Å². The summed E-state index contributed by atoms with van der Waals surface area (Å²) in [6.45, 7) is 4.28. The van der Waals surface area contributed by atoms with E-state index in [-0.39, 0.29) is 5.92 Å². The maximum absolute atomic E-state index is 15.0. The highest BCUT2D eigenvalue weighted by molar-refractivity contribution is 5.67. The molecule has 4 rings (SSSR count). The number of benzene rings is 2. The van der Waals surface area contributed by atoms with Crippen LogP contribution >= 0.6 is 0 Å². The molecule has 0 bridgehead atoms. The second-order valence-electron chi connectivity index (χ2n) is 11.7. The average molecular weight is 529 g/mol. The molecule has 0 saturated heterocycles. The molecule has 0 spiro atoms. The molecule has 2 aliphatic carbocycles. The molecule has 1 fully saturated rings. The highest BCUT2D eigenvalue weighted by Crippen LogP contribution is 2.40. The first-order chi connectivity index (χ1) is 18.4. The Balaban J connectivity index is 1.30. The Kier molecular flexibility index (Phi) is 10.5. The van der Waals surface area contributed by atoms with Gasteiger partial charge in [0.2, 0.25) is 0 Å². The predicted molar refractivity (Wildman–Crippen MR) is 149 cm³/mol. The normalized spacial score (nSPS) is 21.9. The highest BCUT2D eigenvalue weighted by atomic mass is 19.2. The molecule has 0 aromatic heterocycles. The van der Waals surface area contributed by atoms with Crippen LogP contribution in [0.25, 0.3) is 5.57 Å². The van der Waals surface area contributed by atoms with Crippen molar-refractivity contribution in [2.24, 2.45) is 11.8 Å². The SMILES string of the molecule is CCCCCc1ccc(C2CCC(CCc3ccc(C4=CCC(CCC)CC4)c(F)c3F)CC2)c(F)c1F. The molecule has 1 unspecified atom stereocenters. The first-order valence-electron chi connectivity index (χ1n) is 15.1. The van der Waals surface area contributed by atoms with Crippen molar-refractivity contribution in [1.29, 1.82) is 0 Å². The molecule has 0 radical (unpaired) electrons. The summed E-state index contributed by atoms with van der Waals surface area (Å²) in [7, 11) is 0. The molecule has 1 saturated carbocycles. The van der Waals surface area contributed by atoms with Gasteiger partial charge in [-0.25, -0.2) is 17.6 Å². The van der Waals surface area contributed by atoms with Crippen molar-refractivity contribution in [3.8, 4) is 0 Å². The molecule has 2 aliphatic rings. The summed E-state index contributed by atoms with van der Waals surface area (Å²) in [5.41, 5.74) is 2.79. The van der Waals surface area contributed by atoms with Crippen molar-refractivity contribution in [1.82, 2.24) is 0 Å². The maximum Gasteiger partial charge on any atom is 0.166 e. The summed E-state index contributed by atoms with van der Waals surface area (Å²) >= 11 is 0. The Hall–Kier alpha value is -2.10. The number of hydrogen-bond donors (Lipinski definition) is 0. The Labute approximate surface area is 226 Å². The van der Waals surface area contributed by atoms with Crippen molar-refractivity contribution >= 4 is 5.57 Å². The van der Waals surface area contributed by atoms with E-state index in [0.717, 1.165) is 82.6 Å². The predicted octanol–water partition coefficient (Wildman–Crippen LogP) is 10.9. The second kappa shape index (κ2) is 13.8. The topological polar surface area (TPSA) is 0 Å². The van der Waals surface area contributed by atoms with Gasteiger partial charge in [0, 0.05) is 5.56 Å². The Morgan fingerprint density at radius 3 is 2.05 bits per heavy atom. The lowest BCUT2D eigenvalue weighted by Gasteiger charge is -2.29. The summed E-state index contributed by atoms with van der Waals surface area (Å²) in [5, 5.41) is 0. The summed E-state index contributed by atoms with van der Waals surface area (Å²) in [6.07, 6.45) is 15.5. The quantitative estimate of drug-likeness (QED) is 0.201. The van der Waals surface area contributed by atoms with E-state index in [4.69, 9.17) is 0 Å². The first-order valence-corrected chi connectivity index (χ1v) is 15.1. The van der Waals surface area contributed by atoms with Gasteiger partial charge in [-0.1, -0.05) is 69.9 Å². The van der Waals surface area contributed by atoms with E-state index in [1.807, 2.05) is 0 Å². The van der Waals surface area contributed by atoms with Crippen LogP contribution < -0.4 is 0 Å². The smallest absolute Gasteiger partial charge is 0.166 e. The third kappa shape index (κ3) is 6.90. The highest BCUT2D eigenvalue weighted by Gasteiger charge is 2.27. The van der Waals surface area contributed by atoms with Crippen molar-refractivity contribution < 1.29 is 17.6 Å². The lowest BCUT2D eigenvalue weighted by molar-refractivity contribution is 0.303. The van der Waals surface area contributed by atoms with Gasteiger partial charge in [0.1, 0.15) is 0 Å². The van der Waals surface area contributed by atoms with Crippen LogP contribution in [0, 0.1) is 35.1 Å². The van der Waals surface area contributed by atoms with Crippen molar-refractivity contribution in [2.45, 2.75) is 116 Å². The number of hydrogen-bond acceptors (Lipinski definition) is 0. The zero-order chi connectivity index (χ0) is 27.1. The number of allylic oxidation sites excluding steroid dienone is 2. The van der Waals surface area contributed by atoms with Crippen LogP contribution in [0.4, 0.5) is 17.6 Å². The Bertz CT molecular complexity index is 1090. The largest absolute Gasteiger partial charge is 0.203 e. The lowest BCUT2D eigenvalue weighted by atomic mass is 9.76. The molecule has 0 heterocycles. The number of aryl methyl sites for hydroxylation is 2. The van der Waals surface area contributed by atoms with Crippen LogP contribution in [-0.2, 0) is 12.8 Å². The summed E-state index contributed by atoms with van der Waals surface area (Å²) in [4.78, 5) is 0. The van der Waals surface area contributed by atoms with Crippen LogP contribution in [0.3, 0.4) is 0 Å². The standard InChI is InChI=1S/C34H44F4/c1-3-5-6-8-27-19-21-29(33(37)31(27)35)26-16-11-24(12-17-26)13-18-28-20-22-30(34(38)32(28)36)25-14-9-23(7-4-2)10-15-25/h14,19-24,26H,3-13,15-18H2,1-2H3. The van der Waals surface area contributed by atoms with Gasteiger partial charge in [-0.15, -0.1) is 0 Å². The second-order valence-corrected chi connectivity index (χ2v) is 11.7. The van der Waals surface area contributed by atoms with Gasteiger partial charge in [-0.3, -0.25) is 0 Å². The number of rotatable bonds is 11. The monoisotopic (exact) mass is 528 g/mol. The molecule has 2 aromatic carbocycles. The first kappa shape index (κ1) is 28.9.